The average Bonchev–Trinajstić information content (AvgIpc) is 2.97. The van der Waals surface area contributed by atoms with Crippen LogP contribution < -0.4 is 15.7 Å². The molecule has 1 fully saturated rings. The minimum atomic E-state index is -0.893. The second-order valence-corrected chi connectivity index (χ2v) is 11.8. The molecule has 0 spiro atoms. The number of carbonyl (C=O) groups is 2. The predicted molar refractivity (Wildman–Crippen MR) is 166 cm³/mol. The van der Waals surface area contributed by atoms with Crippen molar-refractivity contribution >= 4 is 41.0 Å². The zero-order chi connectivity index (χ0) is 32.0. The Labute approximate surface area is 258 Å². The van der Waals surface area contributed by atoms with Gasteiger partial charge in [0.25, 0.3) is 0 Å². The second kappa shape index (κ2) is 11.9. The summed E-state index contributed by atoms with van der Waals surface area (Å²) in [5.41, 5.74) is 0.103. The minimum absolute atomic E-state index is 0.0996. The number of halogens is 2. The summed E-state index contributed by atoms with van der Waals surface area (Å²) in [6, 6.07) is -0.290. The van der Waals surface area contributed by atoms with Crippen molar-refractivity contribution in [3.05, 3.63) is 86.8 Å². The van der Waals surface area contributed by atoms with Crippen LogP contribution >= 0.6 is 11.6 Å². The number of fused-ring (bicyclic) bond motifs is 1. The molecule has 4 heterocycles. The molecule has 3 aliphatic rings. The molecule has 1 aliphatic carbocycles. The lowest BCUT2D eigenvalue weighted by atomic mass is 9.98. The van der Waals surface area contributed by atoms with Gasteiger partial charge in [-0.05, 0) is 43.1 Å². The lowest BCUT2D eigenvalue weighted by Gasteiger charge is -2.41. The number of hydroxylamine groups is 1. The van der Waals surface area contributed by atoms with E-state index >= 15 is 4.39 Å². The monoisotopic (exact) mass is 621 g/mol. The van der Waals surface area contributed by atoms with Gasteiger partial charge in [-0.2, -0.15) is 4.98 Å². The van der Waals surface area contributed by atoms with Crippen molar-refractivity contribution in [2.45, 2.75) is 52.5 Å². The summed E-state index contributed by atoms with van der Waals surface area (Å²) >= 11 is 6.71. The number of anilines is 2. The Morgan fingerprint density at radius 3 is 2.39 bits per heavy atom. The van der Waals surface area contributed by atoms with Crippen LogP contribution in [0.5, 0.6) is 0 Å². The lowest BCUT2D eigenvalue weighted by Crippen LogP contribution is -2.54. The average molecular weight is 622 g/mol. The highest BCUT2D eigenvalue weighted by atomic mass is 35.5. The van der Waals surface area contributed by atoms with Crippen molar-refractivity contribution < 1.29 is 19.2 Å². The van der Waals surface area contributed by atoms with Crippen LogP contribution in [0.25, 0.3) is 11.8 Å². The van der Waals surface area contributed by atoms with Crippen LogP contribution in [0.4, 0.5) is 16.0 Å². The number of carbonyl (C=O) groups excluding carboxylic acids is 2. The third-order valence-corrected chi connectivity index (χ3v) is 8.08. The molecular weight excluding hydrogens is 589 g/mol. The Balaban J connectivity index is 1.85. The maximum atomic E-state index is 15.2. The third kappa shape index (κ3) is 5.17. The van der Waals surface area contributed by atoms with Gasteiger partial charge in [0.15, 0.2) is 11.6 Å². The third-order valence-electron chi connectivity index (χ3n) is 7.79. The molecule has 1 saturated heterocycles. The molecule has 13 heteroatoms. The van der Waals surface area contributed by atoms with E-state index in [1.807, 2.05) is 39.5 Å². The van der Waals surface area contributed by atoms with Crippen LogP contribution in [-0.4, -0.2) is 67.0 Å². The van der Waals surface area contributed by atoms with Gasteiger partial charge < -0.3 is 9.80 Å². The van der Waals surface area contributed by atoms with Crippen molar-refractivity contribution in [1.29, 1.82) is 0 Å². The molecule has 0 unspecified atom stereocenters. The van der Waals surface area contributed by atoms with E-state index in [1.165, 1.54) is 29.1 Å². The van der Waals surface area contributed by atoms with Crippen molar-refractivity contribution in [3.8, 4) is 5.69 Å². The largest absolute Gasteiger partial charge is 0.355 e. The second-order valence-electron chi connectivity index (χ2n) is 11.4. The molecule has 1 N–H and O–H groups in total. The summed E-state index contributed by atoms with van der Waals surface area (Å²) in [5.74, 6) is -2.03. The van der Waals surface area contributed by atoms with Crippen LogP contribution in [0, 0.1) is 0 Å². The molecule has 1 atom stereocenters. The summed E-state index contributed by atoms with van der Waals surface area (Å²) in [6.45, 7) is 14.1. The van der Waals surface area contributed by atoms with Crippen molar-refractivity contribution in [3.63, 3.8) is 0 Å². The number of allylic oxidation sites excluding steroid dienone is 6. The van der Waals surface area contributed by atoms with Gasteiger partial charge in [-0.1, -0.05) is 52.0 Å². The Hall–Kier alpha value is -4.42. The van der Waals surface area contributed by atoms with Gasteiger partial charge in [0.2, 0.25) is 5.91 Å². The van der Waals surface area contributed by atoms with Crippen LogP contribution in [-0.2, 0) is 9.59 Å². The predicted octanol–water partition coefficient (Wildman–Crippen LogP) is 4.53. The SMILES string of the molecule is C=CC(=O)N1CCN(c2nc(=O)n(-c3c(C(C)C)ncnc3C(C)C)c3c2C=C(Cl)C(=C2C(=O)C=CC=C2F)N3O)[C@@H](C)C1. The van der Waals surface area contributed by atoms with E-state index in [9.17, 15) is 19.6 Å². The lowest BCUT2D eigenvalue weighted by molar-refractivity contribution is -0.126. The zero-order valence-corrected chi connectivity index (χ0v) is 25.8. The van der Waals surface area contributed by atoms with E-state index in [0.717, 1.165) is 12.2 Å². The number of nitrogens with zero attached hydrogens (tertiary/aromatic N) is 7. The Morgan fingerprint density at radius 2 is 1.82 bits per heavy atom. The van der Waals surface area contributed by atoms with Crippen molar-refractivity contribution in [2.75, 3.05) is 29.6 Å². The van der Waals surface area contributed by atoms with Crippen LogP contribution in [0.3, 0.4) is 0 Å². The molecule has 230 valence electrons. The Bertz CT molecular complexity index is 1730. The van der Waals surface area contributed by atoms with E-state index in [1.54, 1.807) is 4.90 Å². The van der Waals surface area contributed by atoms with Gasteiger partial charge in [-0.15, -0.1) is 0 Å². The molecule has 1 amide bonds. The summed E-state index contributed by atoms with van der Waals surface area (Å²) in [6.07, 6.45) is 7.65. The molecule has 5 rings (SSSR count). The number of rotatable bonds is 5. The number of aromatic nitrogens is 4. The summed E-state index contributed by atoms with van der Waals surface area (Å²) in [4.78, 5) is 56.3. The fourth-order valence-corrected chi connectivity index (χ4v) is 6.00. The summed E-state index contributed by atoms with van der Waals surface area (Å²) in [5, 5.41) is 12.3. The smallest absolute Gasteiger partial charge is 0.350 e. The number of amides is 1. The Morgan fingerprint density at radius 1 is 1.16 bits per heavy atom. The molecule has 0 radical (unpaired) electrons. The fourth-order valence-electron chi connectivity index (χ4n) is 5.71. The van der Waals surface area contributed by atoms with Gasteiger partial charge in [0.05, 0.1) is 33.2 Å². The maximum absolute atomic E-state index is 15.2. The molecule has 11 nitrogen and oxygen atoms in total. The molecule has 0 saturated carbocycles. The molecule has 2 aromatic rings. The fraction of sp³-hybridized carbons (Fsp3) is 0.355. The summed E-state index contributed by atoms with van der Waals surface area (Å²) < 4.78 is 16.4. The number of hydrogen-bond donors (Lipinski definition) is 1. The highest BCUT2D eigenvalue weighted by Gasteiger charge is 2.38. The molecular formula is C31H33ClFN7O4. The first kappa shape index (κ1) is 31.0. The van der Waals surface area contributed by atoms with Crippen molar-refractivity contribution in [1.82, 2.24) is 24.4 Å². The van der Waals surface area contributed by atoms with Gasteiger partial charge in [0.1, 0.15) is 23.7 Å². The first-order valence-corrected chi connectivity index (χ1v) is 14.6. The van der Waals surface area contributed by atoms with Crippen LogP contribution in [0.15, 0.2) is 64.1 Å². The molecule has 44 heavy (non-hydrogen) atoms. The molecule has 2 aromatic heterocycles. The standard InChI is InChI=1S/C31H33ClFN7O4/c1-7-23(42)37-11-12-38(18(6)14-37)29-19-13-20(32)27(24-21(33)9-8-10-22(24)41)40(44)30(19)39(31(43)36-29)28-25(16(2)3)34-15-35-26(28)17(4)5/h7-10,13,15-18,44H,1,11-12,14H2,2-6H3/t18-/m0/s1. The highest BCUT2D eigenvalue weighted by molar-refractivity contribution is 6.35. The van der Waals surface area contributed by atoms with E-state index < -0.39 is 22.9 Å². The Kier molecular flexibility index (Phi) is 8.41. The van der Waals surface area contributed by atoms with E-state index in [4.69, 9.17) is 11.6 Å². The molecule has 0 aromatic carbocycles. The summed E-state index contributed by atoms with van der Waals surface area (Å²) in [7, 11) is 0. The van der Waals surface area contributed by atoms with E-state index in [2.05, 4.69) is 21.5 Å². The van der Waals surface area contributed by atoms with Crippen LogP contribution in [0.2, 0.25) is 0 Å². The highest BCUT2D eigenvalue weighted by Crippen LogP contribution is 2.44. The topological polar surface area (TPSA) is 125 Å². The maximum Gasteiger partial charge on any atom is 0.355 e. The molecule has 2 aliphatic heterocycles. The quantitative estimate of drug-likeness (QED) is 0.480. The normalized spacial score (nSPS) is 20.3. The number of piperazine rings is 1. The van der Waals surface area contributed by atoms with Gasteiger partial charge in [-0.25, -0.2) is 28.8 Å². The van der Waals surface area contributed by atoms with Gasteiger partial charge >= 0.3 is 5.69 Å². The van der Waals surface area contributed by atoms with Crippen molar-refractivity contribution in [2.24, 2.45) is 0 Å². The van der Waals surface area contributed by atoms with Crippen LogP contribution in [0.1, 0.15) is 63.4 Å². The van der Waals surface area contributed by atoms with E-state index in [-0.39, 0.29) is 51.7 Å². The zero-order valence-electron chi connectivity index (χ0n) is 25.1. The van der Waals surface area contributed by atoms with Gasteiger partial charge in [-0.3, -0.25) is 14.8 Å². The van der Waals surface area contributed by atoms with E-state index in [0.29, 0.717) is 41.8 Å². The first-order chi connectivity index (χ1) is 20.9. The number of hydrogen-bond acceptors (Lipinski definition) is 9. The van der Waals surface area contributed by atoms with Gasteiger partial charge in [0, 0.05) is 25.7 Å². The number of ketones is 1. The molecule has 0 bridgehead atoms. The minimum Gasteiger partial charge on any atom is -0.350 e. The first-order valence-electron chi connectivity index (χ1n) is 14.3.